The summed E-state index contributed by atoms with van der Waals surface area (Å²) in [5.41, 5.74) is 1.83. The first-order valence-corrected chi connectivity index (χ1v) is 9.70. The molecule has 0 radical (unpaired) electrons. The van der Waals surface area contributed by atoms with Gasteiger partial charge in [0.2, 0.25) is 21.8 Å². The van der Waals surface area contributed by atoms with Crippen LogP contribution in [-0.2, 0) is 19.6 Å². The number of unbranched alkanes of at least 4 members (excludes halogenated alkanes) is 1. The zero-order valence-electron chi connectivity index (χ0n) is 14.5. The van der Waals surface area contributed by atoms with Gasteiger partial charge in [0.05, 0.1) is 23.7 Å². The summed E-state index contributed by atoms with van der Waals surface area (Å²) in [4.78, 5) is 24.1. The molecule has 0 bridgehead atoms. The molecule has 0 aliphatic rings. The van der Waals surface area contributed by atoms with Crippen molar-refractivity contribution in [1.82, 2.24) is 4.72 Å². The predicted octanol–water partition coefficient (Wildman–Crippen LogP) is 2.00. The number of sulfonamides is 1. The largest absolute Gasteiger partial charge is 0.324 e. The van der Waals surface area contributed by atoms with Crippen LogP contribution >= 0.6 is 0 Å². The summed E-state index contributed by atoms with van der Waals surface area (Å²) in [5.74, 6) is -0.631. The molecule has 0 spiro atoms. The predicted molar refractivity (Wildman–Crippen MR) is 95.4 cm³/mol. The van der Waals surface area contributed by atoms with Crippen molar-refractivity contribution in [3.8, 4) is 0 Å². The first kappa shape index (κ1) is 20.1. The Kier molecular flexibility index (Phi) is 7.37. The van der Waals surface area contributed by atoms with Gasteiger partial charge in [-0.1, -0.05) is 19.4 Å². The molecule has 134 valence electrons. The molecule has 0 aromatic heterocycles. The summed E-state index contributed by atoms with van der Waals surface area (Å²) >= 11 is 0. The molecule has 0 unspecified atom stereocenters. The van der Waals surface area contributed by atoms with Crippen LogP contribution < -0.4 is 15.4 Å². The summed E-state index contributed by atoms with van der Waals surface area (Å²) in [5, 5.41) is 5.43. The van der Waals surface area contributed by atoms with Crippen molar-refractivity contribution in [2.75, 3.05) is 16.9 Å². The fraction of sp³-hybridized carbons (Fsp3) is 0.500. The van der Waals surface area contributed by atoms with E-state index in [-0.39, 0.29) is 5.91 Å². The van der Waals surface area contributed by atoms with Crippen LogP contribution in [0.3, 0.4) is 0 Å². The standard InChI is InChI=1S/C16H25N3O4S/c1-5-6-7-15(20)17-13-9-8-11(2)10-14(13)18-16(21)12(3)19-24(4,22)23/h8-10,12,19H,5-7H2,1-4H3,(H,17,20)(H,18,21)/t12-/m1/s1. The Morgan fingerprint density at radius 1 is 1.17 bits per heavy atom. The van der Waals surface area contributed by atoms with E-state index in [1.807, 2.05) is 19.9 Å². The first-order valence-electron chi connectivity index (χ1n) is 7.81. The van der Waals surface area contributed by atoms with Gasteiger partial charge < -0.3 is 10.6 Å². The number of hydrogen-bond acceptors (Lipinski definition) is 4. The molecule has 0 saturated heterocycles. The van der Waals surface area contributed by atoms with Crippen molar-refractivity contribution < 1.29 is 18.0 Å². The van der Waals surface area contributed by atoms with Crippen LogP contribution in [0.4, 0.5) is 11.4 Å². The van der Waals surface area contributed by atoms with Gasteiger partial charge in [-0.15, -0.1) is 0 Å². The maximum Gasteiger partial charge on any atom is 0.242 e. The summed E-state index contributed by atoms with van der Waals surface area (Å²) in [6.45, 7) is 5.31. The van der Waals surface area contributed by atoms with Crippen molar-refractivity contribution in [2.24, 2.45) is 0 Å². The van der Waals surface area contributed by atoms with E-state index >= 15 is 0 Å². The third-order valence-corrected chi connectivity index (χ3v) is 4.03. The van der Waals surface area contributed by atoms with Crippen molar-refractivity contribution >= 4 is 33.2 Å². The number of amides is 2. The SMILES string of the molecule is CCCCC(=O)Nc1ccc(C)cc1NC(=O)[C@@H](C)NS(C)(=O)=O. The number of rotatable bonds is 8. The molecule has 1 atom stereocenters. The smallest absolute Gasteiger partial charge is 0.242 e. The molecule has 1 aromatic rings. The third kappa shape index (κ3) is 7.10. The number of nitrogens with one attached hydrogen (secondary N) is 3. The molecular formula is C16H25N3O4S. The van der Waals surface area contributed by atoms with E-state index < -0.39 is 22.0 Å². The molecule has 3 N–H and O–H groups in total. The van der Waals surface area contributed by atoms with Gasteiger partial charge in [-0.3, -0.25) is 9.59 Å². The molecule has 7 nitrogen and oxygen atoms in total. The number of carbonyl (C=O) groups excluding carboxylic acids is 2. The minimum Gasteiger partial charge on any atom is -0.324 e. The molecule has 8 heteroatoms. The zero-order valence-corrected chi connectivity index (χ0v) is 15.3. The summed E-state index contributed by atoms with van der Waals surface area (Å²) in [6.07, 6.45) is 3.10. The van der Waals surface area contributed by atoms with E-state index in [0.29, 0.717) is 17.8 Å². The molecule has 0 aliphatic heterocycles. The van der Waals surface area contributed by atoms with Gasteiger partial charge in [0, 0.05) is 6.42 Å². The number of hydrogen-bond donors (Lipinski definition) is 3. The average molecular weight is 355 g/mol. The molecule has 1 rings (SSSR count). The highest BCUT2D eigenvalue weighted by atomic mass is 32.2. The van der Waals surface area contributed by atoms with Crippen LogP contribution in [0.15, 0.2) is 18.2 Å². The summed E-state index contributed by atoms with van der Waals surface area (Å²) in [6, 6.07) is 4.33. The van der Waals surface area contributed by atoms with Crippen LogP contribution in [0.2, 0.25) is 0 Å². The lowest BCUT2D eigenvalue weighted by Crippen LogP contribution is -2.41. The maximum absolute atomic E-state index is 12.2. The zero-order chi connectivity index (χ0) is 18.3. The second-order valence-electron chi connectivity index (χ2n) is 5.80. The minimum atomic E-state index is -3.49. The van der Waals surface area contributed by atoms with Crippen molar-refractivity contribution in [3.05, 3.63) is 23.8 Å². The highest BCUT2D eigenvalue weighted by Gasteiger charge is 2.18. The van der Waals surface area contributed by atoms with Gasteiger partial charge in [-0.2, -0.15) is 0 Å². The summed E-state index contributed by atoms with van der Waals surface area (Å²) in [7, 11) is -3.49. The molecule has 2 amide bonds. The molecule has 0 aliphatic carbocycles. The highest BCUT2D eigenvalue weighted by Crippen LogP contribution is 2.23. The molecule has 0 saturated carbocycles. The number of benzene rings is 1. The van der Waals surface area contributed by atoms with Crippen LogP contribution in [0.1, 0.15) is 38.7 Å². The lowest BCUT2D eigenvalue weighted by atomic mass is 10.1. The first-order chi connectivity index (χ1) is 11.1. The van der Waals surface area contributed by atoms with E-state index in [0.717, 1.165) is 24.7 Å². The van der Waals surface area contributed by atoms with Gasteiger partial charge in [0.15, 0.2) is 0 Å². The molecule has 24 heavy (non-hydrogen) atoms. The van der Waals surface area contributed by atoms with Crippen LogP contribution in [0.5, 0.6) is 0 Å². The fourth-order valence-electron chi connectivity index (χ4n) is 2.04. The molecule has 1 aromatic carbocycles. The Hall–Kier alpha value is -1.93. The van der Waals surface area contributed by atoms with Crippen LogP contribution in [0.25, 0.3) is 0 Å². The van der Waals surface area contributed by atoms with E-state index in [1.54, 1.807) is 12.1 Å². The van der Waals surface area contributed by atoms with Gasteiger partial charge in [-0.05, 0) is 38.0 Å². The lowest BCUT2D eigenvalue weighted by Gasteiger charge is -2.16. The van der Waals surface area contributed by atoms with E-state index in [1.165, 1.54) is 6.92 Å². The number of carbonyl (C=O) groups is 2. The van der Waals surface area contributed by atoms with E-state index in [4.69, 9.17) is 0 Å². The third-order valence-electron chi connectivity index (χ3n) is 3.25. The highest BCUT2D eigenvalue weighted by molar-refractivity contribution is 7.88. The van der Waals surface area contributed by atoms with E-state index in [2.05, 4.69) is 15.4 Å². The molecular weight excluding hydrogens is 330 g/mol. The van der Waals surface area contributed by atoms with Crippen molar-refractivity contribution in [3.63, 3.8) is 0 Å². The molecule has 0 fully saturated rings. The number of anilines is 2. The lowest BCUT2D eigenvalue weighted by molar-refractivity contribution is -0.117. The monoisotopic (exact) mass is 355 g/mol. The Balaban J connectivity index is 2.88. The molecule has 0 heterocycles. The number of aryl methyl sites for hydroxylation is 1. The maximum atomic E-state index is 12.2. The van der Waals surface area contributed by atoms with Gasteiger partial charge in [0.25, 0.3) is 0 Å². The quantitative estimate of drug-likeness (QED) is 0.663. The second-order valence-corrected chi connectivity index (χ2v) is 7.58. The van der Waals surface area contributed by atoms with Gasteiger partial charge >= 0.3 is 0 Å². The van der Waals surface area contributed by atoms with Gasteiger partial charge in [0.1, 0.15) is 0 Å². The van der Waals surface area contributed by atoms with E-state index in [9.17, 15) is 18.0 Å². The van der Waals surface area contributed by atoms with Crippen molar-refractivity contribution in [2.45, 2.75) is 46.1 Å². The Morgan fingerprint density at radius 3 is 2.42 bits per heavy atom. The average Bonchev–Trinajstić information content (AvgIpc) is 2.46. The Labute approximate surface area is 143 Å². The van der Waals surface area contributed by atoms with Crippen LogP contribution in [-0.4, -0.2) is 32.5 Å². The minimum absolute atomic E-state index is 0.126. The summed E-state index contributed by atoms with van der Waals surface area (Å²) < 4.78 is 24.6. The Bertz CT molecular complexity index is 701. The Morgan fingerprint density at radius 2 is 1.83 bits per heavy atom. The van der Waals surface area contributed by atoms with Gasteiger partial charge in [-0.25, -0.2) is 13.1 Å². The second kappa shape index (κ2) is 8.79. The topological polar surface area (TPSA) is 104 Å². The fourth-order valence-corrected chi connectivity index (χ4v) is 2.79. The van der Waals surface area contributed by atoms with Crippen LogP contribution in [0, 0.1) is 6.92 Å². The normalized spacial score (nSPS) is 12.5. The van der Waals surface area contributed by atoms with Crippen molar-refractivity contribution in [1.29, 1.82) is 0 Å².